The predicted octanol–water partition coefficient (Wildman–Crippen LogP) is 4.57. The monoisotopic (exact) mass is 463 g/mol. The zero-order valence-electron chi connectivity index (χ0n) is 17.5. The highest BCUT2D eigenvalue weighted by atomic mass is 32.1. The Morgan fingerprint density at radius 2 is 1.81 bits per heavy atom. The number of hydrogen-bond acceptors (Lipinski definition) is 8. The fraction of sp³-hybridized carbons (Fsp3) is 0.524. The van der Waals surface area contributed by atoms with Gasteiger partial charge in [-0.3, -0.25) is 9.88 Å². The molecule has 3 aromatic rings. The number of alkyl halides is 3. The first-order valence-electron chi connectivity index (χ1n) is 10.8. The van der Waals surface area contributed by atoms with Gasteiger partial charge in [0.1, 0.15) is 10.8 Å². The molecule has 0 aromatic carbocycles. The number of anilines is 3. The second kappa shape index (κ2) is 8.78. The molecule has 11 heteroatoms. The van der Waals surface area contributed by atoms with Crippen LogP contribution in [0.25, 0.3) is 11.0 Å². The van der Waals surface area contributed by atoms with E-state index in [1.807, 2.05) is 18.2 Å². The molecular formula is C21H24F3N7S. The van der Waals surface area contributed by atoms with Crippen LogP contribution in [0, 0.1) is 0 Å². The largest absolute Gasteiger partial charge is 0.401 e. The first-order valence-corrected chi connectivity index (χ1v) is 11.7. The summed E-state index contributed by atoms with van der Waals surface area (Å²) in [6, 6.07) is 5.70. The number of pyridine rings is 2. The van der Waals surface area contributed by atoms with Crippen molar-refractivity contribution < 1.29 is 13.2 Å². The van der Waals surface area contributed by atoms with Crippen LogP contribution in [0.5, 0.6) is 0 Å². The molecule has 4 heterocycles. The Labute approximate surface area is 187 Å². The van der Waals surface area contributed by atoms with Crippen LogP contribution in [0.2, 0.25) is 0 Å². The molecule has 1 aliphatic heterocycles. The maximum absolute atomic E-state index is 12.6. The summed E-state index contributed by atoms with van der Waals surface area (Å²) in [6.45, 7) is 0.924. The van der Waals surface area contributed by atoms with E-state index in [1.165, 1.54) is 30.6 Å². The van der Waals surface area contributed by atoms with Crippen LogP contribution in [0.15, 0.2) is 24.4 Å². The molecule has 1 N–H and O–H groups in total. The van der Waals surface area contributed by atoms with Gasteiger partial charge in [0.15, 0.2) is 0 Å². The normalized spacial score (nSPS) is 18.5. The predicted molar refractivity (Wildman–Crippen MR) is 119 cm³/mol. The fourth-order valence-corrected chi connectivity index (χ4v) is 5.31. The van der Waals surface area contributed by atoms with E-state index in [1.54, 1.807) is 17.5 Å². The van der Waals surface area contributed by atoms with Gasteiger partial charge >= 0.3 is 6.18 Å². The molecule has 0 unspecified atom stereocenters. The van der Waals surface area contributed by atoms with Crippen LogP contribution in [-0.2, 0) is 0 Å². The summed E-state index contributed by atoms with van der Waals surface area (Å²) in [5.74, 6) is 1.19. The van der Waals surface area contributed by atoms with Crippen LogP contribution in [0.4, 0.5) is 29.8 Å². The summed E-state index contributed by atoms with van der Waals surface area (Å²) in [5, 5.41) is 13.7. The number of aromatic nitrogens is 4. The topological polar surface area (TPSA) is 70.1 Å². The lowest BCUT2D eigenvalue weighted by molar-refractivity contribution is -0.146. The Balaban J connectivity index is 1.27. The number of hydrogen-bond donors (Lipinski definition) is 1. The molecule has 3 aromatic heterocycles. The standard InChI is InChI=1S/C21H24F3N7S/c22-21(23,24)13-30-7-9-31(10-8-30)15-11-17-16(25-12-15)5-6-18(26-17)27-20-29-28-19(32-20)14-3-1-2-4-14/h5-6,11-12,14H,1-4,7-10,13H2,(H,26,27,29). The van der Waals surface area contributed by atoms with Crippen molar-refractivity contribution in [3.8, 4) is 0 Å². The molecule has 0 spiro atoms. The third-order valence-electron chi connectivity index (χ3n) is 6.04. The molecule has 1 saturated carbocycles. The van der Waals surface area contributed by atoms with Crippen molar-refractivity contribution in [1.82, 2.24) is 25.1 Å². The Kier molecular flexibility index (Phi) is 5.85. The SMILES string of the molecule is FC(F)(F)CN1CCN(c2cnc3ccc(Nc4nnc(C5CCCC5)s4)nc3c2)CC1. The lowest BCUT2D eigenvalue weighted by Crippen LogP contribution is -2.49. The second-order valence-corrected chi connectivity index (χ2v) is 9.37. The van der Waals surface area contributed by atoms with Crippen molar-refractivity contribution in [3.05, 3.63) is 29.4 Å². The third-order valence-corrected chi connectivity index (χ3v) is 7.04. The van der Waals surface area contributed by atoms with Gasteiger partial charge in [0, 0.05) is 32.1 Å². The van der Waals surface area contributed by atoms with Crippen LogP contribution in [0.1, 0.15) is 36.6 Å². The average molecular weight is 464 g/mol. The summed E-state index contributed by atoms with van der Waals surface area (Å²) in [5.41, 5.74) is 2.36. The molecule has 170 valence electrons. The van der Waals surface area contributed by atoms with Crippen molar-refractivity contribution in [2.24, 2.45) is 0 Å². The fourth-order valence-electron chi connectivity index (χ4n) is 4.39. The molecule has 7 nitrogen and oxygen atoms in total. The van der Waals surface area contributed by atoms with E-state index in [9.17, 15) is 13.2 Å². The van der Waals surface area contributed by atoms with Gasteiger partial charge in [0.2, 0.25) is 5.13 Å². The van der Waals surface area contributed by atoms with E-state index in [0.717, 1.165) is 26.9 Å². The molecule has 0 radical (unpaired) electrons. The third kappa shape index (κ3) is 4.93. The van der Waals surface area contributed by atoms with E-state index in [0.29, 0.717) is 37.9 Å². The lowest BCUT2D eigenvalue weighted by atomic mass is 10.1. The Hall–Kier alpha value is -2.53. The van der Waals surface area contributed by atoms with Gasteiger partial charge in [0.25, 0.3) is 0 Å². The van der Waals surface area contributed by atoms with Gasteiger partial charge in [-0.25, -0.2) is 4.98 Å². The minimum atomic E-state index is -4.16. The van der Waals surface area contributed by atoms with Gasteiger partial charge in [-0.15, -0.1) is 10.2 Å². The van der Waals surface area contributed by atoms with Crippen molar-refractivity contribution >= 4 is 39.0 Å². The van der Waals surface area contributed by atoms with Crippen molar-refractivity contribution in [1.29, 1.82) is 0 Å². The van der Waals surface area contributed by atoms with E-state index in [4.69, 9.17) is 0 Å². The van der Waals surface area contributed by atoms with Gasteiger partial charge in [0.05, 0.1) is 29.5 Å². The first-order chi connectivity index (χ1) is 15.4. The quantitative estimate of drug-likeness (QED) is 0.595. The molecule has 0 amide bonds. The van der Waals surface area contributed by atoms with E-state index < -0.39 is 12.7 Å². The Morgan fingerprint density at radius 3 is 2.56 bits per heavy atom. The van der Waals surface area contributed by atoms with Crippen molar-refractivity contribution in [3.63, 3.8) is 0 Å². The molecule has 5 rings (SSSR count). The van der Waals surface area contributed by atoms with Gasteiger partial charge in [-0.1, -0.05) is 24.2 Å². The molecular weight excluding hydrogens is 439 g/mol. The average Bonchev–Trinajstić information content (AvgIpc) is 3.45. The Bertz CT molecular complexity index is 1070. The molecule has 1 aliphatic carbocycles. The second-order valence-electron chi connectivity index (χ2n) is 8.36. The van der Waals surface area contributed by atoms with Crippen molar-refractivity contribution in [2.45, 2.75) is 37.8 Å². The van der Waals surface area contributed by atoms with Crippen LogP contribution in [0.3, 0.4) is 0 Å². The van der Waals surface area contributed by atoms with E-state index in [-0.39, 0.29) is 0 Å². The summed E-state index contributed by atoms with van der Waals surface area (Å²) >= 11 is 1.58. The number of fused-ring (bicyclic) bond motifs is 1. The summed E-state index contributed by atoms with van der Waals surface area (Å²) in [4.78, 5) is 12.7. The molecule has 1 saturated heterocycles. The number of halogens is 3. The van der Waals surface area contributed by atoms with Crippen LogP contribution in [-0.4, -0.2) is 64.0 Å². The zero-order valence-corrected chi connectivity index (χ0v) is 18.3. The molecule has 0 atom stereocenters. The Morgan fingerprint density at radius 1 is 1.03 bits per heavy atom. The first kappa shape index (κ1) is 21.3. The van der Waals surface area contributed by atoms with Gasteiger partial charge in [-0.2, -0.15) is 13.2 Å². The number of piperazine rings is 1. The highest BCUT2D eigenvalue weighted by molar-refractivity contribution is 7.15. The van der Waals surface area contributed by atoms with E-state index >= 15 is 0 Å². The molecule has 2 aliphatic rings. The highest BCUT2D eigenvalue weighted by Gasteiger charge is 2.32. The molecule has 2 fully saturated rings. The van der Waals surface area contributed by atoms with E-state index in [2.05, 4.69) is 30.4 Å². The molecule has 0 bridgehead atoms. The lowest BCUT2D eigenvalue weighted by Gasteiger charge is -2.36. The summed E-state index contributed by atoms with van der Waals surface area (Å²) in [6.07, 6.45) is 2.47. The van der Waals surface area contributed by atoms with Gasteiger partial charge < -0.3 is 10.2 Å². The minimum absolute atomic E-state index is 0.368. The maximum atomic E-state index is 12.6. The summed E-state index contributed by atoms with van der Waals surface area (Å²) < 4.78 is 37.9. The highest BCUT2D eigenvalue weighted by Crippen LogP contribution is 2.37. The molecule has 32 heavy (non-hydrogen) atoms. The maximum Gasteiger partial charge on any atom is 0.401 e. The smallest absolute Gasteiger partial charge is 0.368 e. The zero-order chi connectivity index (χ0) is 22.1. The number of rotatable bonds is 5. The number of nitrogens with one attached hydrogen (secondary N) is 1. The summed E-state index contributed by atoms with van der Waals surface area (Å²) in [7, 11) is 0. The number of nitrogens with zero attached hydrogens (tertiary/aromatic N) is 6. The van der Waals surface area contributed by atoms with Crippen LogP contribution >= 0.6 is 11.3 Å². The van der Waals surface area contributed by atoms with Crippen molar-refractivity contribution in [2.75, 3.05) is 42.9 Å². The minimum Gasteiger partial charge on any atom is -0.368 e. The van der Waals surface area contributed by atoms with Crippen LogP contribution < -0.4 is 10.2 Å². The van der Waals surface area contributed by atoms with Gasteiger partial charge in [-0.05, 0) is 31.0 Å².